The van der Waals surface area contributed by atoms with Gasteiger partial charge in [0, 0.05) is 19.5 Å². The number of hydrogen-bond acceptors (Lipinski definition) is 3. The fraction of sp³-hybridized carbons (Fsp3) is 1.00. The molecule has 0 bridgehead atoms. The molecule has 0 radical (unpaired) electrons. The number of hydrogen-bond donors (Lipinski definition) is 0. The molecule has 1 heterocycles. The molecule has 0 amide bonds. The van der Waals surface area contributed by atoms with Crippen LogP contribution < -0.4 is 0 Å². The lowest BCUT2D eigenvalue weighted by Crippen LogP contribution is -2.44. The fourth-order valence-electron chi connectivity index (χ4n) is 2.11. The summed E-state index contributed by atoms with van der Waals surface area (Å²) in [5, 5.41) is 2.21. The van der Waals surface area contributed by atoms with Crippen LogP contribution in [-0.2, 0) is 9.26 Å². The monoisotopic (exact) mass is 273 g/mol. The Morgan fingerprint density at radius 3 is 1.94 bits per heavy atom. The van der Waals surface area contributed by atoms with Gasteiger partial charge in [0.05, 0.1) is 0 Å². The van der Waals surface area contributed by atoms with Gasteiger partial charge in [0.1, 0.15) is 0 Å². The van der Waals surface area contributed by atoms with Crippen LogP contribution in [0.15, 0.2) is 0 Å². The van der Waals surface area contributed by atoms with Gasteiger partial charge < -0.3 is 4.43 Å². The second-order valence-corrected chi connectivity index (χ2v) is 12.8. The van der Waals surface area contributed by atoms with E-state index in [-0.39, 0.29) is 16.7 Å². The molecule has 0 spiro atoms. The Labute approximate surface area is 114 Å². The van der Waals surface area contributed by atoms with Crippen LogP contribution in [0.2, 0.25) is 18.1 Å². The summed E-state index contributed by atoms with van der Waals surface area (Å²) < 4.78 is 6.33. The SMILES string of the molecule is CN1O[C@H](O[Si](C)(C)C(C)(C)C)C[C@H]1C(C)(C)C. The Hall–Kier alpha value is 0.0969. The van der Waals surface area contributed by atoms with Gasteiger partial charge in [0.25, 0.3) is 0 Å². The topological polar surface area (TPSA) is 21.7 Å². The molecule has 0 aromatic carbocycles. The minimum atomic E-state index is -1.74. The first-order valence-electron chi connectivity index (χ1n) is 6.92. The van der Waals surface area contributed by atoms with E-state index < -0.39 is 8.32 Å². The lowest BCUT2D eigenvalue weighted by atomic mass is 9.85. The van der Waals surface area contributed by atoms with Crippen molar-refractivity contribution in [3.63, 3.8) is 0 Å². The Balaban J connectivity index is 2.68. The van der Waals surface area contributed by atoms with Crippen molar-refractivity contribution in [2.45, 2.75) is 78.4 Å². The first-order valence-corrected chi connectivity index (χ1v) is 9.83. The van der Waals surface area contributed by atoms with E-state index in [1.54, 1.807) is 0 Å². The van der Waals surface area contributed by atoms with Gasteiger partial charge in [-0.05, 0) is 23.5 Å². The average Bonchev–Trinajstić information content (AvgIpc) is 2.42. The number of hydroxylamine groups is 2. The van der Waals surface area contributed by atoms with Gasteiger partial charge in [-0.25, -0.2) is 0 Å². The third-order valence-electron chi connectivity index (χ3n) is 4.37. The molecule has 1 aliphatic heterocycles. The largest absolute Gasteiger partial charge is 0.391 e. The molecule has 1 aliphatic rings. The molecular weight excluding hydrogens is 242 g/mol. The highest BCUT2D eigenvalue weighted by Crippen LogP contribution is 2.40. The molecule has 3 nitrogen and oxygen atoms in total. The van der Waals surface area contributed by atoms with E-state index in [4.69, 9.17) is 9.26 Å². The van der Waals surface area contributed by atoms with Gasteiger partial charge in [0.2, 0.25) is 0 Å². The van der Waals surface area contributed by atoms with Crippen LogP contribution in [0.5, 0.6) is 0 Å². The van der Waals surface area contributed by atoms with E-state index in [0.29, 0.717) is 6.04 Å². The summed E-state index contributed by atoms with van der Waals surface area (Å²) in [5.41, 5.74) is 0.223. The Morgan fingerprint density at radius 2 is 1.61 bits per heavy atom. The van der Waals surface area contributed by atoms with E-state index in [9.17, 15) is 0 Å². The summed E-state index contributed by atoms with van der Waals surface area (Å²) in [5.74, 6) is 0. The quantitative estimate of drug-likeness (QED) is 0.709. The summed E-state index contributed by atoms with van der Waals surface area (Å²) in [6.07, 6.45) is 0.895. The van der Waals surface area contributed by atoms with Crippen molar-refractivity contribution in [2.75, 3.05) is 7.05 Å². The Morgan fingerprint density at radius 1 is 1.11 bits per heavy atom. The molecule has 2 atom stereocenters. The van der Waals surface area contributed by atoms with E-state index in [1.165, 1.54) is 0 Å². The molecule has 0 N–H and O–H groups in total. The first kappa shape index (κ1) is 16.2. The van der Waals surface area contributed by atoms with Gasteiger partial charge in [-0.2, -0.15) is 5.06 Å². The molecule has 1 rings (SSSR count). The van der Waals surface area contributed by atoms with Gasteiger partial charge in [-0.1, -0.05) is 41.5 Å². The summed E-state index contributed by atoms with van der Waals surface area (Å²) in [6, 6.07) is 0.423. The van der Waals surface area contributed by atoms with Crippen molar-refractivity contribution in [2.24, 2.45) is 5.41 Å². The van der Waals surface area contributed by atoms with Crippen LogP contribution in [0.3, 0.4) is 0 Å². The number of nitrogens with zero attached hydrogens (tertiary/aromatic N) is 1. The van der Waals surface area contributed by atoms with E-state index in [2.05, 4.69) is 54.6 Å². The summed E-state index contributed by atoms with van der Waals surface area (Å²) in [4.78, 5) is 5.88. The Bertz CT molecular complexity index is 291. The van der Waals surface area contributed by atoms with Crippen molar-refractivity contribution in [3.05, 3.63) is 0 Å². The van der Waals surface area contributed by atoms with Gasteiger partial charge >= 0.3 is 0 Å². The second-order valence-electron chi connectivity index (χ2n) is 8.08. The first-order chi connectivity index (χ1) is 7.84. The zero-order valence-electron chi connectivity index (χ0n) is 13.6. The van der Waals surface area contributed by atoms with Crippen LogP contribution in [0, 0.1) is 5.41 Å². The lowest BCUT2D eigenvalue weighted by molar-refractivity contribution is -0.209. The highest BCUT2D eigenvalue weighted by Gasteiger charge is 2.45. The third-order valence-corrected chi connectivity index (χ3v) is 8.83. The zero-order valence-corrected chi connectivity index (χ0v) is 14.6. The molecule has 1 fully saturated rings. The lowest BCUT2D eigenvalue weighted by Gasteiger charge is -2.37. The van der Waals surface area contributed by atoms with Crippen LogP contribution >= 0.6 is 0 Å². The smallest absolute Gasteiger partial charge is 0.195 e. The van der Waals surface area contributed by atoms with Crippen LogP contribution in [0.4, 0.5) is 0 Å². The molecule has 0 aromatic rings. The maximum absolute atomic E-state index is 6.33. The minimum absolute atomic E-state index is 0.0693. The van der Waals surface area contributed by atoms with Crippen molar-refractivity contribution in [3.8, 4) is 0 Å². The average molecular weight is 273 g/mol. The molecule has 0 aromatic heterocycles. The molecule has 108 valence electrons. The van der Waals surface area contributed by atoms with E-state index in [0.717, 1.165) is 6.42 Å². The van der Waals surface area contributed by atoms with Crippen molar-refractivity contribution in [1.82, 2.24) is 5.06 Å². The van der Waals surface area contributed by atoms with Crippen molar-refractivity contribution < 1.29 is 9.26 Å². The molecule has 4 heteroatoms. The standard InChI is InChI=1S/C14H31NO2Si/c1-13(2,3)11-10-12(16-15(11)7)17-18(8,9)14(4,5)6/h11-12H,10H2,1-9H3/t11-,12+/m0/s1. The maximum atomic E-state index is 6.33. The highest BCUT2D eigenvalue weighted by molar-refractivity contribution is 6.74. The van der Waals surface area contributed by atoms with Crippen LogP contribution in [-0.4, -0.2) is 32.8 Å². The number of rotatable bonds is 2. The summed E-state index contributed by atoms with van der Waals surface area (Å²) in [6.45, 7) is 18.1. The van der Waals surface area contributed by atoms with E-state index >= 15 is 0 Å². The van der Waals surface area contributed by atoms with Gasteiger partial charge in [-0.15, -0.1) is 0 Å². The second kappa shape index (κ2) is 4.89. The minimum Gasteiger partial charge on any atom is -0.391 e. The molecule has 18 heavy (non-hydrogen) atoms. The van der Waals surface area contributed by atoms with Crippen LogP contribution in [0.1, 0.15) is 48.0 Å². The fourth-order valence-corrected chi connectivity index (χ4v) is 3.26. The molecule has 0 saturated carbocycles. The molecular formula is C14H31NO2Si. The summed E-state index contributed by atoms with van der Waals surface area (Å²) >= 11 is 0. The molecule has 1 saturated heterocycles. The summed E-state index contributed by atoms with van der Waals surface area (Å²) in [7, 11) is 0.279. The van der Waals surface area contributed by atoms with E-state index in [1.807, 2.05) is 12.1 Å². The zero-order chi connectivity index (χ0) is 14.4. The predicted molar refractivity (Wildman–Crippen MR) is 78.8 cm³/mol. The van der Waals surface area contributed by atoms with Gasteiger partial charge in [-0.3, -0.25) is 4.84 Å². The van der Waals surface area contributed by atoms with Crippen molar-refractivity contribution >= 4 is 8.32 Å². The third kappa shape index (κ3) is 3.56. The normalized spacial score (nSPS) is 27.8. The van der Waals surface area contributed by atoms with Crippen LogP contribution in [0.25, 0.3) is 0 Å². The van der Waals surface area contributed by atoms with Crippen molar-refractivity contribution in [1.29, 1.82) is 0 Å². The van der Waals surface area contributed by atoms with Gasteiger partial charge in [0.15, 0.2) is 14.6 Å². The maximum Gasteiger partial charge on any atom is 0.195 e. The molecule has 0 unspecified atom stereocenters. The highest BCUT2D eigenvalue weighted by atomic mass is 28.4. The predicted octanol–water partition coefficient (Wildman–Crippen LogP) is 4.02. The Kier molecular flexibility index (Phi) is 4.39. The molecule has 0 aliphatic carbocycles.